The van der Waals surface area contributed by atoms with E-state index in [9.17, 15) is 40.4 Å². The number of nitrogens with zero attached hydrogens (tertiary/aromatic N) is 2. The molecular formula is C36H47F5N4O4S. The summed E-state index contributed by atoms with van der Waals surface area (Å²) in [4.78, 5) is 15.3. The summed E-state index contributed by atoms with van der Waals surface area (Å²) < 4.78 is 95.3. The molecule has 2 aliphatic rings. The average Bonchev–Trinajstić information content (AvgIpc) is 3.49. The Hall–Kier alpha value is -3.28. The van der Waals surface area contributed by atoms with Gasteiger partial charge in [-0.25, -0.2) is 8.42 Å². The second-order valence-corrected chi connectivity index (χ2v) is 16.1. The summed E-state index contributed by atoms with van der Waals surface area (Å²) in [6, 6.07) is 13.6. The van der Waals surface area contributed by atoms with E-state index in [2.05, 4.69) is 30.6 Å². The molecule has 50 heavy (non-hydrogen) atoms. The van der Waals surface area contributed by atoms with Gasteiger partial charge in [-0.05, 0) is 92.3 Å². The molecule has 1 saturated heterocycles. The number of nitriles is 1. The van der Waals surface area contributed by atoms with E-state index in [1.165, 1.54) is 12.1 Å². The largest absolute Gasteiger partial charge is 0.391 e. The summed E-state index contributed by atoms with van der Waals surface area (Å²) >= 11 is 0. The Morgan fingerprint density at radius 2 is 1.68 bits per heavy atom. The van der Waals surface area contributed by atoms with Crippen LogP contribution >= 0.6 is 0 Å². The fraction of sp³-hybridized carbons (Fsp3) is 0.611. The van der Waals surface area contributed by atoms with Crippen molar-refractivity contribution in [3.05, 3.63) is 59.7 Å². The molecule has 2 aromatic rings. The molecule has 0 spiro atoms. The van der Waals surface area contributed by atoms with Gasteiger partial charge in [0, 0.05) is 29.9 Å². The molecule has 1 amide bonds. The first-order valence-corrected chi connectivity index (χ1v) is 18.9. The minimum absolute atomic E-state index is 0.00882. The van der Waals surface area contributed by atoms with Crippen molar-refractivity contribution in [3.63, 3.8) is 0 Å². The Labute approximate surface area is 291 Å². The summed E-state index contributed by atoms with van der Waals surface area (Å²) in [6.45, 7) is 2.99. The van der Waals surface area contributed by atoms with E-state index < -0.39 is 46.5 Å². The van der Waals surface area contributed by atoms with Crippen LogP contribution in [-0.2, 0) is 14.6 Å². The van der Waals surface area contributed by atoms with E-state index in [0.717, 1.165) is 6.42 Å². The Kier molecular flexibility index (Phi) is 13.7. The van der Waals surface area contributed by atoms with Crippen LogP contribution < -0.4 is 15.5 Å². The van der Waals surface area contributed by atoms with Gasteiger partial charge >= 0.3 is 12.8 Å². The third kappa shape index (κ3) is 10.6. The summed E-state index contributed by atoms with van der Waals surface area (Å²) in [5.41, 5.74) is 1.58. The van der Waals surface area contributed by atoms with Crippen LogP contribution in [-0.4, -0.2) is 64.1 Å². The second-order valence-electron chi connectivity index (χ2n) is 13.8. The van der Waals surface area contributed by atoms with E-state index in [1.807, 2.05) is 4.90 Å². The van der Waals surface area contributed by atoms with Gasteiger partial charge in [-0.15, -0.1) is 0 Å². The van der Waals surface area contributed by atoms with Crippen LogP contribution in [0.1, 0.15) is 87.7 Å². The molecule has 0 aromatic heterocycles. The monoisotopic (exact) mass is 726 g/mol. The van der Waals surface area contributed by atoms with Crippen LogP contribution in [0.5, 0.6) is 0 Å². The predicted molar refractivity (Wildman–Crippen MR) is 180 cm³/mol. The first-order chi connectivity index (χ1) is 23.6. The molecule has 8 nitrogen and oxygen atoms in total. The number of hydrogen-bond acceptors (Lipinski definition) is 7. The molecule has 1 aliphatic carbocycles. The molecule has 2 fully saturated rings. The number of alkyl halides is 5. The van der Waals surface area contributed by atoms with Gasteiger partial charge in [-0.2, -0.15) is 27.2 Å². The van der Waals surface area contributed by atoms with Gasteiger partial charge in [-0.3, -0.25) is 4.79 Å². The molecule has 3 unspecified atom stereocenters. The molecular weight excluding hydrogens is 679 g/mol. The van der Waals surface area contributed by atoms with Crippen molar-refractivity contribution in [1.29, 1.82) is 5.26 Å². The Bertz CT molecular complexity index is 1540. The number of benzene rings is 2. The summed E-state index contributed by atoms with van der Waals surface area (Å²) in [5, 5.41) is 15.9. The number of nitrogens with one attached hydrogen (secondary N) is 2. The maximum atomic E-state index is 13.3. The van der Waals surface area contributed by atoms with Gasteiger partial charge in [-0.1, -0.05) is 32.9 Å². The number of amides is 1. The SMILES string of the molecule is CCS(=O)(=O)c1ccc([C@H](CC#N)NC(=O)c2ccc(N3CC(NC(CC(C)C)C4CCC(C(F)(F)F)CC4)CC3COC(F)F)cc2)cc1. The number of hydrogen-bond donors (Lipinski definition) is 2. The van der Waals surface area contributed by atoms with E-state index in [1.54, 1.807) is 43.3 Å². The van der Waals surface area contributed by atoms with E-state index in [0.29, 0.717) is 48.5 Å². The van der Waals surface area contributed by atoms with Gasteiger partial charge in [0.05, 0.1) is 47.7 Å². The molecule has 2 N–H and O–H groups in total. The number of ether oxygens (including phenoxy) is 1. The van der Waals surface area contributed by atoms with Crippen LogP contribution in [0.2, 0.25) is 0 Å². The smallest absolute Gasteiger partial charge is 0.365 e. The van der Waals surface area contributed by atoms with E-state index in [-0.39, 0.29) is 54.5 Å². The van der Waals surface area contributed by atoms with Gasteiger partial charge in [0.25, 0.3) is 5.91 Å². The maximum Gasteiger partial charge on any atom is 0.391 e. The lowest BCUT2D eigenvalue weighted by Crippen LogP contribution is -2.46. The van der Waals surface area contributed by atoms with Crippen molar-refractivity contribution in [2.45, 2.75) is 108 Å². The Morgan fingerprint density at radius 1 is 1.04 bits per heavy atom. The van der Waals surface area contributed by atoms with Crippen molar-refractivity contribution in [1.82, 2.24) is 10.6 Å². The van der Waals surface area contributed by atoms with Crippen LogP contribution in [0, 0.1) is 29.1 Å². The quantitative estimate of drug-likeness (QED) is 0.184. The van der Waals surface area contributed by atoms with Gasteiger partial charge in [0.15, 0.2) is 9.84 Å². The van der Waals surface area contributed by atoms with E-state index in [4.69, 9.17) is 4.74 Å². The van der Waals surface area contributed by atoms with Crippen LogP contribution in [0.3, 0.4) is 0 Å². The molecule has 1 saturated carbocycles. The van der Waals surface area contributed by atoms with Gasteiger partial charge in [0.1, 0.15) is 0 Å². The van der Waals surface area contributed by atoms with Crippen LogP contribution in [0.15, 0.2) is 53.4 Å². The van der Waals surface area contributed by atoms with Crippen molar-refractivity contribution in [2.75, 3.05) is 23.8 Å². The normalized spacial score (nSPS) is 22.8. The number of rotatable bonds is 15. The summed E-state index contributed by atoms with van der Waals surface area (Å²) in [5.74, 6) is -1.37. The molecule has 4 rings (SSSR count). The van der Waals surface area contributed by atoms with Crippen LogP contribution in [0.4, 0.5) is 27.6 Å². The molecule has 2 aromatic carbocycles. The molecule has 1 aliphatic heterocycles. The first kappa shape index (κ1) is 39.5. The highest BCUT2D eigenvalue weighted by atomic mass is 32.2. The van der Waals surface area contributed by atoms with Crippen molar-refractivity contribution in [2.24, 2.45) is 17.8 Å². The summed E-state index contributed by atoms with van der Waals surface area (Å²) in [6.07, 6.45) is -1.76. The lowest BCUT2D eigenvalue weighted by Gasteiger charge is -2.37. The molecule has 14 heteroatoms. The summed E-state index contributed by atoms with van der Waals surface area (Å²) in [7, 11) is -3.41. The van der Waals surface area contributed by atoms with Gasteiger partial charge in [0.2, 0.25) is 0 Å². The third-order valence-electron chi connectivity index (χ3n) is 9.89. The minimum atomic E-state index is -4.18. The zero-order valence-electron chi connectivity index (χ0n) is 28.6. The van der Waals surface area contributed by atoms with E-state index >= 15 is 0 Å². The topological polar surface area (TPSA) is 112 Å². The highest BCUT2D eigenvalue weighted by Gasteiger charge is 2.43. The first-order valence-electron chi connectivity index (χ1n) is 17.2. The van der Waals surface area contributed by atoms with Crippen LogP contribution in [0.25, 0.3) is 0 Å². The second kappa shape index (κ2) is 17.3. The zero-order chi connectivity index (χ0) is 36.6. The van der Waals surface area contributed by atoms with Crippen molar-refractivity contribution >= 4 is 21.4 Å². The fourth-order valence-electron chi connectivity index (χ4n) is 7.22. The third-order valence-corrected chi connectivity index (χ3v) is 11.6. The molecule has 0 bridgehead atoms. The number of carbonyl (C=O) groups is 1. The highest BCUT2D eigenvalue weighted by molar-refractivity contribution is 7.91. The fourth-order valence-corrected chi connectivity index (χ4v) is 8.10. The number of carbonyl (C=O) groups excluding carboxylic acids is 1. The lowest BCUT2D eigenvalue weighted by molar-refractivity contribution is -0.184. The highest BCUT2D eigenvalue weighted by Crippen LogP contribution is 2.41. The predicted octanol–water partition coefficient (Wildman–Crippen LogP) is 7.42. The average molecular weight is 727 g/mol. The maximum absolute atomic E-state index is 13.3. The molecule has 0 radical (unpaired) electrons. The zero-order valence-corrected chi connectivity index (χ0v) is 29.5. The standard InChI is InChI=1S/C36H47F5N4O4S/c1-4-50(47,48)31-15-9-24(10-16-31)32(17-18-42)44-34(46)26-7-13-29(14-8-26)45-21-28(20-30(45)22-49-35(37)38)43-33(19-23(2)3)25-5-11-27(12-6-25)36(39,40)41/h7-10,13-16,23,25,27-28,30,32-33,35,43H,4-6,11-12,17,19-22H2,1-3H3,(H,44,46)/t25?,27?,28?,30?,32-,33?/m0/s1. The molecule has 1 heterocycles. The minimum Gasteiger partial charge on any atom is -0.365 e. The number of anilines is 1. The van der Waals surface area contributed by atoms with Gasteiger partial charge < -0.3 is 20.3 Å². The Morgan fingerprint density at radius 3 is 2.22 bits per heavy atom. The number of sulfone groups is 1. The van der Waals surface area contributed by atoms with Crippen molar-refractivity contribution in [3.8, 4) is 6.07 Å². The molecule has 276 valence electrons. The molecule has 4 atom stereocenters. The Balaban J connectivity index is 1.45. The van der Waals surface area contributed by atoms with Crippen molar-refractivity contribution < 1.29 is 39.9 Å². The number of halogens is 5. The lowest BCUT2D eigenvalue weighted by atomic mass is 9.76.